The van der Waals surface area contributed by atoms with Gasteiger partial charge in [-0.2, -0.15) is 0 Å². The monoisotopic (exact) mass is 629 g/mol. The molecule has 0 spiro atoms. The van der Waals surface area contributed by atoms with Gasteiger partial charge in [-0.05, 0) is 56.0 Å². The maximum atomic E-state index is 13.6. The highest BCUT2D eigenvalue weighted by Crippen LogP contribution is 2.35. The van der Waals surface area contributed by atoms with Gasteiger partial charge in [0.25, 0.3) is 15.9 Å². The fourth-order valence-electron chi connectivity index (χ4n) is 6.53. The summed E-state index contributed by atoms with van der Waals surface area (Å²) in [5.41, 5.74) is 9.50. The van der Waals surface area contributed by atoms with E-state index in [-0.39, 0.29) is 16.8 Å². The lowest BCUT2D eigenvalue weighted by Gasteiger charge is -2.46. The summed E-state index contributed by atoms with van der Waals surface area (Å²) in [6.45, 7) is 5.97. The molecule has 2 atom stereocenters. The van der Waals surface area contributed by atoms with Crippen molar-refractivity contribution in [1.82, 2.24) is 19.1 Å². The molecule has 0 saturated carbocycles. The van der Waals surface area contributed by atoms with Crippen molar-refractivity contribution in [3.63, 3.8) is 0 Å². The number of para-hydroxylation sites is 1. The van der Waals surface area contributed by atoms with Gasteiger partial charge in [0, 0.05) is 50.2 Å². The zero-order valence-corrected chi connectivity index (χ0v) is 26.4. The standard InChI is InChI=1S/C34H39N5O5S/c1-24-12-14-28(15-13-24)45(42,43)38-23-27(29-10-6-7-11-30(29)38)22-37-18-16-34(35,17-19-37)39-25(2)20-31(32(39)40)44-33(41)36-21-26-8-4-3-5-9-26/h3-15,23,25,31H,16-22,35H2,1-2H3,(H,36,41). The van der Waals surface area contributed by atoms with E-state index in [0.29, 0.717) is 51.0 Å². The van der Waals surface area contributed by atoms with E-state index < -0.39 is 27.9 Å². The zero-order valence-electron chi connectivity index (χ0n) is 25.6. The molecule has 0 aliphatic carbocycles. The van der Waals surface area contributed by atoms with Crippen LogP contribution in [-0.2, 0) is 32.6 Å². The largest absolute Gasteiger partial charge is 0.436 e. The second-order valence-corrected chi connectivity index (χ2v) is 14.0. The molecule has 0 bridgehead atoms. The molecule has 10 nitrogen and oxygen atoms in total. The first-order valence-corrected chi connectivity index (χ1v) is 16.7. The topological polar surface area (TPSA) is 127 Å². The fraction of sp³-hybridized carbons (Fsp3) is 0.353. The van der Waals surface area contributed by atoms with Crippen LogP contribution in [0, 0.1) is 6.92 Å². The van der Waals surface area contributed by atoms with E-state index in [1.807, 2.05) is 68.4 Å². The number of nitrogens with two attached hydrogens (primary N) is 1. The van der Waals surface area contributed by atoms with Crippen molar-refractivity contribution in [1.29, 1.82) is 0 Å². The van der Waals surface area contributed by atoms with Gasteiger partial charge in [0.2, 0.25) is 0 Å². The Kier molecular flexibility index (Phi) is 8.43. The average molecular weight is 630 g/mol. The number of nitrogens with zero attached hydrogens (tertiary/aromatic N) is 3. The summed E-state index contributed by atoms with van der Waals surface area (Å²) in [5, 5.41) is 3.60. The third kappa shape index (κ3) is 6.20. The first-order chi connectivity index (χ1) is 21.5. The summed E-state index contributed by atoms with van der Waals surface area (Å²) in [6.07, 6.45) is 1.68. The van der Waals surface area contributed by atoms with E-state index in [1.165, 1.54) is 3.97 Å². The summed E-state index contributed by atoms with van der Waals surface area (Å²) in [7, 11) is -3.78. The molecule has 2 amide bonds. The maximum absolute atomic E-state index is 13.6. The van der Waals surface area contributed by atoms with Gasteiger partial charge in [-0.1, -0.05) is 66.2 Å². The molecule has 0 radical (unpaired) electrons. The lowest BCUT2D eigenvalue weighted by Crippen LogP contribution is -2.63. The summed E-state index contributed by atoms with van der Waals surface area (Å²) in [4.78, 5) is 30.1. The molecule has 4 aromatic rings. The normalized spacial score (nSPS) is 20.4. The summed E-state index contributed by atoms with van der Waals surface area (Å²) >= 11 is 0. The number of fused-ring (bicyclic) bond motifs is 1. The van der Waals surface area contributed by atoms with E-state index in [0.717, 1.165) is 22.1 Å². The van der Waals surface area contributed by atoms with Crippen LogP contribution in [0.3, 0.4) is 0 Å². The minimum atomic E-state index is -3.78. The van der Waals surface area contributed by atoms with Gasteiger partial charge < -0.3 is 20.7 Å². The molecule has 1 aromatic heterocycles. The van der Waals surface area contributed by atoms with Gasteiger partial charge in [-0.15, -0.1) is 0 Å². The molecule has 2 aliphatic rings. The number of hydrogen-bond donors (Lipinski definition) is 2. The van der Waals surface area contributed by atoms with Gasteiger partial charge in [0.15, 0.2) is 6.10 Å². The summed E-state index contributed by atoms with van der Waals surface area (Å²) in [6, 6.07) is 23.7. The number of rotatable bonds is 8. The number of hydrogen-bond acceptors (Lipinski definition) is 7. The van der Waals surface area contributed by atoms with Crippen molar-refractivity contribution in [3.8, 4) is 0 Å². The Balaban J connectivity index is 1.11. The van der Waals surface area contributed by atoms with Gasteiger partial charge in [0.1, 0.15) is 0 Å². The first kappa shape index (κ1) is 30.8. The Morgan fingerprint density at radius 3 is 2.38 bits per heavy atom. The lowest BCUT2D eigenvalue weighted by atomic mass is 9.94. The number of benzene rings is 3. The Morgan fingerprint density at radius 2 is 1.67 bits per heavy atom. The van der Waals surface area contributed by atoms with Crippen LogP contribution in [0.5, 0.6) is 0 Å². The van der Waals surface area contributed by atoms with Crippen molar-refractivity contribution in [2.24, 2.45) is 5.73 Å². The van der Waals surface area contributed by atoms with Crippen LogP contribution in [0.1, 0.15) is 42.9 Å². The number of ether oxygens (including phenoxy) is 1. The van der Waals surface area contributed by atoms with Crippen molar-refractivity contribution in [2.75, 3.05) is 13.1 Å². The number of aromatic nitrogens is 1. The number of piperidine rings is 1. The van der Waals surface area contributed by atoms with Crippen molar-refractivity contribution >= 4 is 32.9 Å². The van der Waals surface area contributed by atoms with E-state index in [1.54, 1.807) is 35.4 Å². The molecule has 3 aromatic carbocycles. The SMILES string of the molecule is Cc1ccc(S(=O)(=O)n2cc(CN3CCC(N)(N4C(=O)C(OC(=O)NCc5ccccc5)CC4C)CC3)c3ccccc32)cc1. The van der Waals surface area contributed by atoms with Crippen molar-refractivity contribution < 1.29 is 22.7 Å². The minimum absolute atomic E-state index is 0.175. The van der Waals surface area contributed by atoms with Crippen LogP contribution >= 0.6 is 0 Å². The van der Waals surface area contributed by atoms with E-state index in [2.05, 4.69) is 10.2 Å². The van der Waals surface area contributed by atoms with Crippen LogP contribution in [0.15, 0.2) is 90.0 Å². The van der Waals surface area contributed by atoms with Crippen LogP contribution in [0.4, 0.5) is 4.79 Å². The van der Waals surface area contributed by atoms with Gasteiger partial charge in [0.05, 0.1) is 16.1 Å². The highest BCUT2D eigenvalue weighted by molar-refractivity contribution is 7.90. The second kappa shape index (κ2) is 12.3. The quantitative estimate of drug-likeness (QED) is 0.297. The molecular weight excluding hydrogens is 590 g/mol. The third-order valence-electron chi connectivity index (χ3n) is 8.97. The summed E-state index contributed by atoms with van der Waals surface area (Å²) in [5.74, 6) is -0.266. The van der Waals surface area contributed by atoms with Crippen molar-refractivity contribution in [3.05, 3.63) is 102 Å². The number of nitrogens with one attached hydrogen (secondary N) is 1. The molecule has 2 saturated heterocycles. The summed E-state index contributed by atoms with van der Waals surface area (Å²) < 4.78 is 34.1. The smallest absolute Gasteiger partial charge is 0.408 e. The Labute approximate surface area is 263 Å². The second-order valence-electron chi connectivity index (χ2n) is 12.2. The first-order valence-electron chi connectivity index (χ1n) is 15.3. The zero-order chi connectivity index (χ0) is 31.8. The van der Waals surface area contributed by atoms with Crippen molar-refractivity contribution in [2.45, 2.75) is 68.9 Å². The van der Waals surface area contributed by atoms with Crippen LogP contribution in [-0.4, -0.2) is 65.1 Å². The van der Waals surface area contributed by atoms with Crippen LogP contribution in [0.25, 0.3) is 10.9 Å². The Hall–Kier alpha value is -4.19. The molecule has 3 heterocycles. The van der Waals surface area contributed by atoms with Crippen LogP contribution < -0.4 is 11.1 Å². The van der Waals surface area contributed by atoms with E-state index in [9.17, 15) is 18.0 Å². The minimum Gasteiger partial charge on any atom is -0.436 e. The molecule has 11 heteroatoms. The van der Waals surface area contributed by atoms with Gasteiger partial charge in [-0.25, -0.2) is 17.2 Å². The predicted molar refractivity (Wildman–Crippen MR) is 172 cm³/mol. The molecule has 2 unspecified atom stereocenters. The van der Waals surface area contributed by atoms with Gasteiger partial charge >= 0.3 is 6.09 Å². The molecule has 236 valence electrons. The molecular formula is C34H39N5O5S. The Bertz CT molecular complexity index is 1800. The Morgan fingerprint density at radius 1 is 1.00 bits per heavy atom. The number of alkyl carbamates (subject to hydrolysis) is 1. The third-order valence-corrected chi connectivity index (χ3v) is 10.7. The number of amides is 2. The molecule has 45 heavy (non-hydrogen) atoms. The lowest BCUT2D eigenvalue weighted by molar-refractivity contribution is -0.143. The average Bonchev–Trinajstić information content (AvgIpc) is 3.54. The van der Waals surface area contributed by atoms with E-state index in [4.69, 9.17) is 10.5 Å². The van der Waals surface area contributed by atoms with Gasteiger partial charge in [-0.3, -0.25) is 9.69 Å². The van der Waals surface area contributed by atoms with Crippen LogP contribution in [0.2, 0.25) is 0 Å². The fourth-order valence-corrected chi connectivity index (χ4v) is 7.92. The number of carbonyl (C=O) groups excluding carboxylic acids is 2. The molecule has 6 rings (SSSR count). The highest BCUT2D eigenvalue weighted by Gasteiger charge is 2.49. The predicted octanol–water partition coefficient (Wildman–Crippen LogP) is 4.35. The maximum Gasteiger partial charge on any atom is 0.408 e. The number of carbonyl (C=O) groups is 2. The number of aryl methyl sites for hydroxylation is 1. The highest BCUT2D eigenvalue weighted by atomic mass is 32.2. The molecule has 2 aliphatic heterocycles. The molecule has 3 N–H and O–H groups in total. The van der Waals surface area contributed by atoms with E-state index >= 15 is 0 Å². The molecule has 2 fully saturated rings. The number of likely N-dealkylation sites (tertiary alicyclic amines) is 2.